The Bertz CT molecular complexity index is 2030. The van der Waals surface area contributed by atoms with Crippen LogP contribution in [0.5, 0.6) is 34.5 Å². The fraction of sp³-hybridized carbons (Fsp3) is 0.446. The lowest BCUT2D eigenvalue weighted by Gasteiger charge is -2.19. The molecule has 5 rings (SSSR count). The summed E-state index contributed by atoms with van der Waals surface area (Å²) in [5.41, 5.74) is 2.42. The monoisotopic (exact) mass is 887 g/mol. The highest BCUT2D eigenvalue weighted by atomic mass is 16.6. The van der Waals surface area contributed by atoms with Crippen LogP contribution in [0.1, 0.15) is 157 Å². The van der Waals surface area contributed by atoms with E-state index in [4.69, 9.17) is 28.4 Å². The van der Waals surface area contributed by atoms with Gasteiger partial charge in [-0.1, -0.05) is 166 Å². The molecular formula is C56H70O9. The van der Waals surface area contributed by atoms with Crippen LogP contribution in [0, 0.1) is 5.92 Å². The van der Waals surface area contributed by atoms with Crippen molar-refractivity contribution in [3.8, 4) is 45.6 Å². The minimum atomic E-state index is -0.535. The lowest BCUT2D eigenvalue weighted by atomic mass is 10.1. The summed E-state index contributed by atoms with van der Waals surface area (Å²) in [6.07, 6.45) is 27.7. The second-order valence-electron chi connectivity index (χ2n) is 16.7. The van der Waals surface area contributed by atoms with Gasteiger partial charge in [0, 0.05) is 0 Å². The molecule has 9 heteroatoms. The third-order valence-corrected chi connectivity index (χ3v) is 11.3. The van der Waals surface area contributed by atoms with Gasteiger partial charge in [0.25, 0.3) is 0 Å². The van der Waals surface area contributed by atoms with Gasteiger partial charge in [-0.15, -0.1) is 0 Å². The predicted molar refractivity (Wildman–Crippen MR) is 259 cm³/mol. The van der Waals surface area contributed by atoms with E-state index < -0.39 is 17.9 Å². The summed E-state index contributed by atoms with van der Waals surface area (Å²) in [4.78, 5) is 39.0. The standard InChI is InChI=1S/C56H70O9/c1-4-7-10-13-16-21-38-60-51-41-47(42-52(61-39-22-17-14-11-8-5-2)53(51)62-40-23-18-15-12-9-6-3)56(59)65-49-34-28-44(29-35-49)43-26-32-48(33-27-43)64-55(58)46-30-36-50(37-31-46)63-54(57)45-24-19-20-25-45/h19-20,24-37,41-42,45H,4-18,21-23,38-40H2,1-3H3. The van der Waals surface area contributed by atoms with E-state index in [0.717, 1.165) is 49.7 Å². The smallest absolute Gasteiger partial charge is 0.343 e. The van der Waals surface area contributed by atoms with E-state index in [1.165, 1.54) is 77.0 Å². The summed E-state index contributed by atoms with van der Waals surface area (Å²) in [5, 5.41) is 0. The fourth-order valence-electron chi connectivity index (χ4n) is 7.43. The Morgan fingerprint density at radius 3 is 1.23 bits per heavy atom. The Morgan fingerprint density at radius 1 is 0.415 bits per heavy atom. The molecule has 1 aliphatic rings. The van der Waals surface area contributed by atoms with Crippen molar-refractivity contribution in [1.29, 1.82) is 0 Å². The molecule has 0 heterocycles. The van der Waals surface area contributed by atoms with Crippen molar-refractivity contribution < 1.29 is 42.8 Å². The van der Waals surface area contributed by atoms with Crippen molar-refractivity contribution in [3.63, 3.8) is 0 Å². The molecule has 4 aromatic rings. The number of unbranched alkanes of at least 4 members (excludes halogenated alkanes) is 15. The number of carbonyl (C=O) groups excluding carboxylic acids is 3. The van der Waals surface area contributed by atoms with Crippen molar-refractivity contribution in [2.45, 2.75) is 136 Å². The van der Waals surface area contributed by atoms with Crippen LogP contribution in [-0.2, 0) is 4.79 Å². The molecule has 1 aliphatic carbocycles. The first kappa shape index (κ1) is 50.2. The molecule has 0 N–H and O–H groups in total. The Labute approximate surface area is 387 Å². The second-order valence-corrected chi connectivity index (χ2v) is 16.7. The molecular weight excluding hydrogens is 817 g/mol. The highest BCUT2D eigenvalue weighted by Gasteiger charge is 2.21. The molecule has 0 radical (unpaired) electrons. The molecule has 0 bridgehead atoms. The van der Waals surface area contributed by atoms with Crippen molar-refractivity contribution in [2.24, 2.45) is 5.92 Å². The molecule has 348 valence electrons. The van der Waals surface area contributed by atoms with Crippen LogP contribution in [0.3, 0.4) is 0 Å². The quantitative estimate of drug-likeness (QED) is 0.0277. The molecule has 0 spiro atoms. The Hall–Kier alpha value is -5.83. The third kappa shape index (κ3) is 17.6. The molecule has 0 unspecified atom stereocenters. The van der Waals surface area contributed by atoms with Gasteiger partial charge in [0.2, 0.25) is 5.75 Å². The first-order valence-corrected chi connectivity index (χ1v) is 24.3. The number of hydrogen-bond donors (Lipinski definition) is 0. The normalized spacial score (nSPS) is 12.0. The lowest BCUT2D eigenvalue weighted by molar-refractivity contribution is -0.135. The van der Waals surface area contributed by atoms with Gasteiger partial charge in [0.1, 0.15) is 17.2 Å². The van der Waals surface area contributed by atoms with Gasteiger partial charge in [-0.05, 0) is 91.1 Å². The number of rotatable bonds is 31. The maximum absolute atomic E-state index is 13.8. The van der Waals surface area contributed by atoms with Gasteiger partial charge >= 0.3 is 17.9 Å². The van der Waals surface area contributed by atoms with E-state index in [9.17, 15) is 14.4 Å². The van der Waals surface area contributed by atoms with Crippen LogP contribution in [0.2, 0.25) is 0 Å². The first-order valence-electron chi connectivity index (χ1n) is 24.3. The predicted octanol–water partition coefficient (Wildman–Crippen LogP) is 14.7. The average Bonchev–Trinajstić information content (AvgIpc) is 3.88. The molecule has 0 amide bonds. The van der Waals surface area contributed by atoms with Gasteiger partial charge < -0.3 is 28.4 Å². The largest absolute Gasteiger partial charge is 0.490 e. The second kappa shape index (κ2) is 28.9. The lowest BCUT2D eigenvalue weighted by Crippen LogP contribution is -2.16. The number of hydrogen-bond acceptors (Lipinski definition) is 9. The fourth-order valence-corrected chi connectivity index (χ4v) is 7.43. The number of esters is 3. The Morgan fingerprint density at radius 2 is 0.785 bits per heavy atom. The summed E-state index contributed by atoms with van der Waals surface area (Å²) in [5.74, 6) is 0.841. The molecule has 0 aromatic heterocycles. The summed E-state index contributed by atoms with van der Waals surface area (Å²) in [6, 6.07) is 24.1. The Balaban J connectivity index is 1.22. The molecule has 0 saturated carbocycles. The minimum Gasteiger partial charge on any atom is -0.490 e. The van der Waals surface area contributed by atoms with E-state index in [0.29, 0.717) is 65.4 Å². The summed E-state index contributed by atoms with van der Waals surface area (Å²) in [6.45, 7) is 8.25. The third-order valence-electron chi connectivity index (χ3n) is 11.3. The molecule has 0 atom stereocenters. The van der Waals surface area contributed by atoms with Crippen LogP contribution in [0.4, 0.5) is 0 Å². The first-order chi connectivity index (χ1) is 31.9. The minimum absolute atomic E-state index is 0.321. The van der Waals surface area contributed by atoms with Gasteiger partial charge in [-0.2, -0.15) is 0 Å². The van der Waals surface area contributed by atoms with Crippen molar-refractivity contribution in [3.05, 3.63) is 120 Å². The van der Waals surface area contributed by atoms with E-state index >= 15 is 0 Å². The molecule has 9 nitrogen and oxygen atoms in total. The highest BCUT2D eigenvalue weighted by Crippen LogP contribution is 2.40. The summed E-state index contributed by atoms with van der Waals surface area (Å²) < 4.78 is 36.2. The average molecular weight is 887 g/mol. The van der Waals surface area contributed by atoms with Crippen LogP contribution in [0.15, 0.2) is 109 Å². The van der Waals surface area contributed by atoms with E-state index in [1.807, 2.05) is 24.3 Å². The van der Waals surface area contributed by atoms with Crippen LogP contribution < -0.4 is 28.4 Å². The molecule has 0 fully saturated rings. The number of allylic oxidation sites excluding steroid dienone is 2. The topological polar surface area (TPSA) is 107 Å². The maximum Gasteiger partial charge on any atom is 0.343 e. The molecule has 0 saturated heterocycles. The van der Waals surface area contributed by atoms with E-state index in [-0.39, 0.29) is 5.97 Å². The van der Waals surface area contributed by atoms with E-state index in [2.05, 4.69) is 20.8 Å². The SMILES string of the molecule is CCCCCCCCOc1cc(C(=O)Oc2ccc(-c3ccc(OC(=O)c4ccc(OC(=O)C5C=CC=C5)cc4)cc3)cc2)cc(OCCCCCCCC)c1OCCCCCCCC. The van der Waals surface area contributed by atoms with Crippen LogP contribution in [0.25, 0.3) is 11.1 Å². The van der Waals surface area contributed by atoms with Crippen molar-refractivity contribution in [2.75, 3.05) is 19.8 Å². The van der Waals surface area contributed by atoms with Crippen LogP contribution in [-0.4, -0.2) is 37.7 Å². The summed E-state index contributed by atoms with van der Waals surface area (Å²) in [7, 11) is 0. The number of carbonyl (C=O) groups is 3. The molecule has 65 heavy (non-hydrogen) atoms. The summed E-state index contributed by atoms with van der Waals surface area (Å²) >= 11 is 0. The van der Waals surface area contributed by atoms with Crippen molar-refractivity contribution in [1.82, 2.24) is 0 Å². The van der Waals surface area contributed by atoms with Gasteiger partial charge in [-0.25, -0.2) is 9.59 Å². The van der Waals surface area contributed by atoms with E-state index in [1.54, 1.807) is 85.0 Å². The highest BCUT2D eigenvalue weighted by molar-refractivity contribution is 5.93. The van der Waals surface area contributed by atoms with Gasteiger partial charge in [0.05, 0.1) is 36.9 Å². The zero-order valence-corrected chi connectivity index (χ0v) is 39.0. The van der Waals surface area contributed by atoms with Crippen molar-refractivity contribution >= 4 is 17.9 Å². The molecule has 4 aromatic carbocycles. The number of benzene rings is 4. The zero-order valence-electron chi connectivity index (χ0n) is 39.0. The number of ether oxygens (including phenoxy) is 6. The Kier molecular flexibility index (Phi) is 22.3. The van der Waals surface area contributed by atoms with Crippen LogP contribution >= 0.6 is 0 Å². The molecule has 0 aliphatic heterocycles. The maximum atomic E-state index is 13.8. The zero-order chi connectivity index (χ0) is 45.9. The van der Waals surface area contributed by atoms with Gasteiger partial charge in [-0.3, -0.25) is 4.79 Å². The van der Waals surface area contributed by atoms with Gasteiger partial charge in [0.15, 0.2) is 11.5 Å².